The van der Waals surface area contributed by atoms with E-state index in [9.17, 15) is 13.2 Å². The maximum Gasteiger partial charge on any atom is 0.251 e. The number of amides is 1. The third kappa shape index (κ3) is 5.83. The minimum absolute atomic E-state index is 0.102. The van der Waals surface area contributed by atoms with Gasteiger partial charge in [-0.25, -0.2) is 8.42 Å². The van der Waals surface area contributed by atoms with Gasteiger partial charge >= 0.3 is 0 Å². The molecule has 0 heterocycles. The molecule has 0 aliphatic rings. The Kier molecular flexibility index (Phi) is 7.24. The van der Waals surface area contributed by atoms with Crippen LogP contribution in [0.15, 0.2) is 42.5 Å². The fraction of sp³-hybridized carbons (Fsp3) is 0.409. The molecule has 0 fully saturated rings. The van der Waals surface area contributed by atoms with E-state index in [0.717, 1.165) is 29.5 Å². The smallest absolute Gasteiger partial charge is 0.251 e. The second kappa shape index (κ2) is 9.24. The second-order valence-electron chi connectivity index (χ2n) is 7.30. The fourth-order valence-corrected chi connectivity index (χ4v) is 4.06. The molecule has 152 valence electrons. The van der Waals surface area contributed by atoms with Gasteiger partial charge in [0.1, 0.15) is 0 Å². The van der Waals surface area contributed by atoms with Crippen molar-refractivity contribution in [2.45, 2.75) is 53.1 Å². The number of nitrogens with zero attached hydrogens (tertiary/aromatic N) is 1. The van der Waals surface area contributed by atoms with Crippen LogP contribution in [0.4, 0.5) is 5.69 Å². The third-order valence-corrected chi connectivity index (χ3v) is 5.90. The van der Waals surface area contributed by atoms with Gasteiger partial charge in [-0.05, 0) is 67.6 Å². The highest BCUT2D eigenvalue weighted by Gasteiger charge is 2.19. The van der Waals surface area contributed by atoms with E-state index >= 15 is 0 Å². The van der Waals surface area contributed by atoms with Crippen LogP contribution in [0.5, 0.6) is 0 Å². The van der Waals surface area contributed by atoms with E-state index in [4.69, 9.17) is 0 Å². The Hall–Kier alpha value is -2.34. The largest absolute Gasteiger partial charge is 0.349 e. The number of sulfonamides is 1. The van der Waals surface area contributed by atoms with E-state index in [1.807, 2.05) is 58.0 Å². The summed E-state index contributed by atoms with van der Waals surface area (Å²) < 4.78 is 26.2. The van der Waals surface area contributed by atoms with E-state index in [1.165, 1.54) is 10.6 Å². The van der Waals surface area contributed by atoms with E-state index in [-0.39, 0.29) is 18.5 Å². The summed E-state index contributed by atoms with van der Waals surface area (Å²) in [6.45, 7) is 8.21. The van der Waals surface area contributed by atoms with Crippen molar-refractivity contribution in [1.82, 2.24) is 5.32 Å². The number of nitrogens with one attached hydrogen (secondary N) is 1. The zero-order valence-corrected chi connectivity index (χ0v) is 18.1. The van der Waals surface area contributed by atoms with Crippen molar-refractivity contribution in [3.8, 4) is 0 Å². The summed E-state index contributed by atoms with van der Waals surface area (Å²) in [4.78, 5) is 12.3. The van der Waals surface area contributed by atoms with E-state index in [2.05, 4.69) is 5.32 Å². The molecule has 0 spiro atoms. The minimum Gasteiger partial charge on any atom is -0.349 e. The Morgan fingerprint density at radius 1 is 1.00 bits per heavy atom. The Balaban J connectivity index is 2.23. The van der Waals surface area contributed by atoms with Gasteiger partial charge in [-0.2, -0.15) is 0 Å². The molecule has 28 heavy (non-hydrogen) atoms. The molecule has 0 unspecified atom stereocenters. The predicted octanol–water partition coefficient (Wildman–Crippen LogP) is 4.19. The number of carbonyl (C=O) groups excluding carboxylic acids is 1. The van der Waals surface area contributed by atoms with E-state index in [0.29, 0.717) is 11.3 Å². The van der Waals surface area contributed by atoms with Crippen LogP contribution >= 0.6 is 0 Å². The summed E-state index contributed by atoms with van der Waals surface area (Å²) in [7, 11) is -3.44. The van der Waals surface area contributed by atoms with E-state index < -0.39 is 10.0 Å². The lowest BCUT2D eigenvalue weighted by Gasteiger charge is -2.23. The highest BCUT2D eigenvalue weighted by atomic mass is 32.2. The zero-order valence-electron chi connectivity index (χ0n) is 17.3. The van der Waals surface area contributed by atoms with Crippen molar-refractivity contribution in [1.29, 1.82) is 0 Å². The quantitative estimate of drug-likeness (QED) is 0.720. The average molecular weight is 403 g/mol. The molecule has 0 atom stereocenters. The number of carbonyl (C=O) groups is 1. The van der Waals surface area contributed by atoms with Crippen molar-refractivity contribution in [2.24, 2.45) is 0 Å². The Labute approximate surface area is 168 Å². The molecule has 5 nitrogen and oxygen atoms in total. The Bertz CT molecular complexity index is 897. The lowest BCUT2D eigenvalue weighted by molar-refractivity contribution is 0.0935. The first kappa shape index (κ1) is 22.0. The molecule has 1 amide bonds. The first-order valence-electron chi connectivity index (χ1n) is 9.59. The van der Waals surface area contributed by atoms with Crippen LogP contribution in [0.3, 0.4) is 0 Å². The molecule has 0 bridgehead atoms. The number of aryl methyl sites for hydroxylation is 2. The highest BCUT2D eigenvalue weighted by molar-refractivity contribution is 7.92. The first-order chi connectivity index (χ1) is 13.1. The van der Waals surface area contributed by atoms with Crippen molar-refractivity contribution in [3.63, 3.8) is 0 Å². The first-order valence-corrected chi connectivity index (χ1v) is 11.4. The molecular weight excluding hydrogens is 372 g/mol. The molecule has 0 aliphatic heterocycles. The van der Waals surface area contributed by atoms with Gasteiger partial charge in [0.2, 0.25) is 10.0 Å². The molecule has 2 aromatic carbocycles. The normalized spacial score (nSPS) is 11.5. The summed E-state index contributed by atoms with van der Waals surface area (Å²) in [5, 5.41) is 3.01. The van der Waals surface area contributed by atoms with Gasteiger partial charge in [-0.15, -0.1) is 0 Å². The number of anilines is 1. The molecule has 0 radical (unpaired) electrons. The maximum atomic E-state index is 12.4. The summed E-state index contributed by atoms with van der Waals surface area (Å²) in [6.07, 6.45) is 2.99. The lowest BCUT2D eigenvalue weighted by atomic mass is 10.1. The van der Waals surface area contributed by atoms with Crippen LogP contribution in [0.2, 0.25) is 0 Å². The molecule has 0 aliphatic carbocycles. The maximum absolute atomic E-state index is 12.4. The number of hydrogen-bond acceptors (Lipinski definition) is 3. The number of benzene rings is 2. The van der Waals surface area contributed by atoms with Crippen molar-refractivity contribution in [2.75, 3.05) is 10.6 Å². The van der Waals surface area contributed by atoms with Crippen LogP contribution in [-0.2, 0) is 16.6 Å². The van der Waals surface area contributed by atoms with Gasteiger partial charge in [-0.3, -0.25) is 9.10 Å². The molecule has 6 heteroatoms. The SMILES string of the molecule is CCC(CC)NC(=O)c1ccc(CN(c2cc(C)cc(C)c2)S(C)(=O)=O)cc1. The summed E-state index contributed by atoms with van der Waals surface area (Å²) in [6, 6.07) is 13.0. The topological polar surface area (TPSA) is 66.5 Å². The molecule has 2 rings (SSSR count). The molecule has 1 N–H and O–H groups in total. The molecule has 0 aromatic heterocycles. The Morgan fingerprint density at radius 3 is 2.00 bits per heavy atom. The standard InChI is InChI=1S/C22H30N2O3S/c1-6-20(7-2)23-22(25)19-10-8-18(9-11-19)15-24(28(5,26)27)21-13-16(3)12-17(4)14-21/h8-14,20H,6-7,15H2,1-5H3,(H,23,25). The molecule has 0 saturated heterocycles. The van der Waals surface area contributed by atoms with E-state index in [1.54, 1.807) is 12.1 Å². The predicted molar refractivity (Wildman–Crippen MR) is 115 cm³/mol. The minimum atomic E-state index is -3.44. The fourth-order valence-electron chi connectivity index (χ4n) is 3.18. The van der Waals surface area contributed by atoms with Gasteiger partial charge in [0.25, 0.3) is 5.91 Å². The van der Waals surface area contributed by atoms with Gasteiger partial charge in [-0.1, -0.05) is 32.0 Å². The Morgan fingerprint density at radius 2 is 1.54 bits per heavy atom. The van der Waals surface area contributed by atoms with Gasteiger partial charge in [0, 0.05) is 11.6 Å². The summed E-state index contributed by atoms with van der Waals surface area (Å²) in [5.74, 6) is -0.102. The lowest BCUT2D eigenvalue weighted by Crippen LogP contribution is -2.33. The molecule has 0 saturated carbocycles. The second-order valence-corrected chi connectivity index (χ2v) is 9.21. The van der Waals surface area contributed by atoms with Crippen LogP contribution in [0.1, 0.15) is 53.7 Å². The molecular formula is C22H30N2O3S. The van der Waals surface area contributed by atoms with Gasteiger partial charge in [0.05, 0.1) is 18.5 Å². The molecule has 2 aromatic rings. The summed E-state index contributed by atoms with van der Waals surface area (Å²) in [5.41, 5.74) is 4.07. The van der Waals surface area contributed by atoms with Crippen LogP contribution in [0.25, 0.3) is 0 Å². The van der Waals surface area contributed by atoms with Crippen LogP contribution < -0.4 is 9.62 Å². The average Bonchev–Trinajstić information content (AvgIpc) is 2.62. The monoisotopic (exact) mass is 402 g/mol. The van der Waals surface area contributed by atoms with Crippen molar-refractivity contribution >= 4 is 21.6 Å². The number of hydrogen-bond donors (Lipinski definition) is 1. The van der Waals surface area contributed by atoms with Crippen LogP contribution in [0, 0.1) is 13.8 Å². The van der Waals surface area contributed by atoms with Crippen LogP contribution in [-0.4, -0.2) is 26.6 Å². The van der Waals surface area contributed by atoms with Gasteiger partial charge in [0.15, 0.2) is 0 Å². The van der Waals surface area contributed by atoms with Crippen molar-refractivity contribution < 1.29 is 13.2 Å². The number of rotatable bonds is 8. The third-order valence-electron chi connectivity index (χ3n) is 4.76. The van der Waals surface area contributed by atoms with Gasteiger partial charge < -0.3 is 5.32 Å². The summed E-state index contributed by atoms with van der Waals surface area (Å²) >= 11 is 0. The van der Waals surface area contributed by atoms with Crippen molar-refractivity contribution in [3.05, 3.63) is 64.7 Å². The zero-order chi connectivity index (χ0) is 20.9. The highest BCUT2D eigenvalue weighted by Crippen LogP contribution is 2.23.